The first-order valence-electron chi connectivity index (χ1n) is 9.56. The maximum atomic E-state index is 13.3. The van der Waals surface area contributed by atoms with Gasteiger partial charge in [0.2, 0.25) is 0 Å². The second-order valence-electron chi connectivity index (χ2n) is 7.41. The molecule has 0 unspecified atom stereocenters. The second kappa shape index (κ2) is 7.68. The molecule has 0 fully saturated rings. The Balaban J connectivity index is 1.75. The van der Waals surface area contributed by atoms with E-state index in [9.17, 15) is 9.59 Å². The molecule has 0 aliphatic carbocycles. The van der Waals surface area contributed by atoms with Crippen molar-refractivity contribution >= 4 is 40.1 Å². The molecule has 0 atom stereocenters. The van der Waals surface area contributed by atoms with Gasteiger partial charge >= 0.3 is 0 Å². The summed E-state index contributed by atoms with van der Waals surface area (Å²) in [4.78, 5) is 28.6. The van der Waals surface area contributed by atoms with Gasteiger partial charge in [0.1, 0.15) is 5.70 Å². The highest BCUT2D eigenvalue weighted by atomic mass is 32.1. The van der Waals surface area contributed by atoms with Gasteiger partial charge in [-0.15, -0.1) is 11.3 Å². The molecule has 0 radical (unpaired) electrons. The molecule has 0 bridgehead atoms. The molecule has 5 heteroatoms. The minimum absolute atomic E-state index is 0.302. The van der Waals surface area contributed by atoms with Gasteiger partial charge in [-0.2, -0.15) is 0 Å². The summed E-state index contributed by atoms with van der Waals surface area (Å²) < 4.78 is 0. The molecule has 29 heavy (non-hydrogen) atoms. The Labute approximate surface area is 174 Å². The summed E-state index contributed by atoms with van der Waals surface area (Å²) in [7, 11) is 0. The maximum Gasteiger partial charge on any atom is 0.282 e. The van der Waals surface area contributed by atoms with Crippen molar-refractivity contribution in [1.29, 1.82) is 0 Å². The molecule has 4 rings (SSSR count). The lowest BCUT2D eigenvalue weighted by Crippen LogP contribution is -2.32. The van der Waals surface area contributed by atoms with Gasteiger partial charge in [-0.1, -0.05) is 44.2 Å². The minimum atomic E-state index is -0.336. The average Bonchev–Trinajstić information content (AvgIpc) is 3.29. The molecule has 0 saturated heterocycles. The predicted molar refractivity (Wildman–Crippen MR) is 119 cm³/mol. The largest absolute Gasteiger partial charge is 0.350 e. The van der Waals surface area contributed by atoms with Crippen LogP contribution in [-0.4, -0.2) is 11.8 Å². The summed E-state index contributed by atoms with van der Waals surface area (Å²) in [6.07, 6.45) is 0. The van der Waals surface area contributed by atoms with E-state index in [2.05, 4.69) is 19.2 Å². The molecule has 2 amide bonds. The Hall–Kier alpha value is -3.18. The van der Waals surface area contributed by atoms with E-state index in [4.69, 9.17) is 0 Å². The Bertz CT molecular complexity index is 1100. The molecule has 1 aliphatic rings. The number of anilines is 2. The van der Waals surface area contributed by atoms with E-state index in [0.717, 1.165) is 16.1 Å². The van der Waals surface area contributed by atoms with Gasteiger partial charge in [0, 0.05) is 10.6 Å². The van der Waals surface area contributed by atoms with Crippen molar-refractivity contribution in [2.24, 2.45) is 0 Å². The third-order valence-electron chi connectivity index (χ3n) is 4.96. The number of amides is 2. The SMILES string of the molecule is Cc1cccc(N2C(=O)C(Nc3ccc(C(C)C)cc3)=C(c3cccs3)C2=O)c1. The van der Waals surface area contributed by atoms with Crippen LogP contribution < -0.4 is 10.2 Å². The van der Waals surface area contributed by atoms with E-state index in [0.29, 0.717) is 22.9 Å². The fourth-order valence-electron chi connectivity index (χ4n) is 3.39. The number of carbonyl (C=O) groups is 2. The van der Waals surface area contributed by atoms with E-state index >= 15 is 0 Å². The van der Waals surface area contributed by atoms with Crippen LogP contribution in [0.4, 0.5) is 11.4 Å². The molecular formula is C24H22N2O2S. The van der Waals surface area contributed by atoms with Crippen molar-refractivity contribution in [2.45, 2.75) is 26.7 Å². The fourth-order valence-corrected chi connectivity index (χ4v) is 4.16. The molecular weight excluding hydrogens is 380 g/mol. The van der Waals surface area contributed by atoms with Gasteiger partial charge in [0.15, 0.2) is 0 Å². The van der Waals surface area contributed by atoms with Crippen molar-refractivity contribution < 1.29 is 9.59 Å². The number of hydrogen-bond acceptors (Lipinski definition) is 4. The number of nitrogens with zero attached hydrogens (tertiary/aromatic N) is 1. The molecule has 0 saturated carbocycles. The normalized spacial score (nSPS) is 14.3. The van der Waals surface area contributed by atoms with Crippen molar-refractivity contribution in [2.75, 3.05) is 10.2 Å². The smallest absolute Gasteiger partial charge is 0.282 e. The molecule has 1 N–H and O–H groups in total. The molecule has 146 valence electrons. The number of thiophene rings is 1. The van der Waals surface area contributed by atoms with Crippen LogP contribution in [0.1, 0.15) is 35.8 Å². The van der Waals surface area contributed by atoms with E-state index in [1.54, 1.807) is 6.07 Å². The first-order chi connectivity index (χ1) is 14.0. The van der Waals surface area contributed by atoms with Crippen LogP contribution in [0.5, 0.6) is 0 Å². The van der Waals surface area contributed by atoms with Crippen molar-refractivity contribution in [3.8, 4) is 0 Å². The number of rotatable bonds is 5. The lowest BCUT2D eigenvalue weighted by molar-refractivity contribution is -0.120. The Morgan fingerprint density at radius 3 is 2.31 bits per heavy atom. The molecule has 3 aromatic rings. The van der Waals surface area contributed by atoms with E-state index in [-0.39, 0.29) is 11.8 Å². The summed E-state index contributed by atoms with van der Waals surface area (Å²) in [5.74, 6) is -0.210. The minimum Gasteiger partial charge on any atom is -0.350 e. The zero-order valence-electron chi connectivity index (χ0n) is 16.6. The highest BCUT2D eigenvalue weighted by Gasteiger charge is 2.40. The zero-order valence-corrected chi connectivity index (χ0v) is 17.4. The van der Waals surface area contributed by atoms with Crippen molar-refractivity contribution in [3.63, 3.8) is 0 Å². The monoisotopic (exact) mass is 402 g/mol. The second-order valence-corrected chi connectivity index (χ2v) is 8.36. The summed E-state index contributed by atoms with van der Waals surface area (Å²) in [6, 6.07) is 19.2. The van der Waals surface area contributed by atoms with E-state index in [1.165, 1.54) is 21.8 Å². The summed E-state index contributed by atoms with van der Waals surface area (Å²) >= 11 is 1.45. The standard InChI is InChI=1S/C24H22N2O2S/c1-15(2)17-9-11-18(12-10-17)25-22-21(20-8-5-13-29-20)23(27)26(24(22)28)19-7-4-6-16(3)14-19/h4-15,25H,1-3H3. The van der Waals surface area contributed by atoms with Crippen LogP contribution in [-0.2, 0) is 9.59 Å². The van der Waals surface area contributed by atoms with Crippen LogP contribution in [0.3, 0.4) is 0 Å². The number of carbonyl (C=O) groups excluding carboxylic acids is 2. The zero-order chi connectivity index (χ0) is 20.5. The van der Waals surface area contributed by atoms with Crippen LogP contribution in [0.2, 0.25) is 0 Å². The summed E-state index contributed by atoms with van der Waals surface area (Å²) in [5.41, 5.74) is 4.31. The third kappa shape index (κ3) is 3.61. The molecule has 2 heterocycles. The number of hydrogen-bond donors (Lipinski definition) is 1. The number of nitrogens with one attached hydrogen (secondary N) is 1. The van der Waals surface area contributed by atoms with Crippen molar-refractivity contribution in [1.82, 2.24) is 0 Å². The lowest BCUT2D eigenvalue weighted by atomic mass is 10.0. The van der Waals surface area contributed by atoms with Gasteiger partial charge in [0.05, 0.1) is 11.3 Å². The number of benzene rings is 2. The van der Waals surface area contributed by atoms with Gasteiger partial charge < -0.3 is 5.32 Å². The maximum absolute atomic E-state index is 13.3. The lowest BCUT2D eigenvalue weighted by Gasteiger charge is -2.16. The van der Waals surface area contributed by atoms with Crippen LogP contribution in [0.15, 0.2) is 71.7 Å². The molecule has 1 aliphatic heterocycles. The van der Waals surface area contributed by atoms with Crippen LogP contribution >= 0.6 is 11.3 Å². The Morgan fingerprint density at radius 1 is 0.931 bits per heavy atom. The highest BCUT2D eigenvalue weighted by Crippen LogP contribution is 2.35. The van der Waals surface area contributed by atoms with E-state index < -0.39 is 0 Å². The molecule has 0 spiro atoms. The highest BCUT2D eigenvalue weighted by molar-refractivity contribution is 7.11. The van der Waals surface area contributed by atoms with Crippen LogP contribution in [0, 0.1) is 6.92 Å². The van der Waals surface area contributed by atoms with Gasteiger partial charge in [0.25, 0.3) is 11.8 Å². The van der Waals surface area contributed by atoms with Crippen molar-refractivity contribution in [3.05, 3.63) is 87.7 Å². The van der Waals surface area contributed by atoms with Crippen LogP contribution in [0.25, 0.3) is 5.57 Å². The van der Waals surface area contributed by atoms with Gasteiger partial charge in [-0.25, -0.2) is 4.90 Å². The predicted octanol–water partition coefficient (Wildman–Crippen LogP) is 5.58. The average molecular weight is 403 g/mol. The number of imide groups is 1. The third-order valence-corrected chi connectivity index (χ3v) is 5.85. The number of aryl methyl sites for hydroxylation is 1. The first kappa shape index (κ1) is 19.2. The first-order valence-corrected chi connectivity index (χ1v) is 10.4. The summed E-state index contributed by atoms with van der Waals surface area (Å²) in [5, 5.41) is 5.12. The Kier molecular flexibility index (Phi) is 5.07. The quantitative estimate of drug-likeness (QED) is 0.567. The molecule has 4 nitrogen and oxygen atoms in total. The van der Waals surface area contributed by atoms with E-state index in [1.807, 2.05) is 66.9 Å². The molecule has 2 aromatic carbocycles. The fraction of sp³-hybridized carbons (Fsp3) is 0.167. The Morgan fingerprint density at radius 2 is 1.69 bits per heavy atom. The van der Waals surface area contributed by atoms with Gasteiger partial charge in [-0.3, -0.25) is 9.59 Å². The summed E-state index contributed by atoms with van der Waals surface area (Å²) in [6.45, 7) is 6.22. The topological polar surface area (TPSA) is 49.4 Å². The van der Waals surface area contributed by atoms with Gasteiger partial charge in [-0.05, 0) is 59.7 Å². The molecule has 1 aromatic heterocycles.